The van der Waals surface area contributed by atoms with Crippen molar-refractivity contribution in [2.45, 2.75) is 38.9 Å². The van der Waals surface area contributed by atoms with Crippen LogP contribution in [0.5, 0.6) is 0 Å². The molecule has 0 spiro atoms. The number of halogens is 3. The second kappa shape index (κ2) is 6.15. The molecule has 1 aromatic rings. The molecule has 0 unspecified atom stereocenters. The highest BCUT2D eigenvalue weighted by molar-refractivity contribution is 5.75. The van der Waals surface area contributed by atoms with Gasteiger partial charge >= 0.3 is 6.18 Å². The highest BCUT2D eigenvalue weighted by Gasteiger charge is 2.34. The van der Waals surface area contributed by atoms with Crippen LogP contribution >= 0.6 is 0 Å². The summed E-state index contributed by atoms with van der Waals surface area (Å²) in [5.41, 5.74) is 3.21. The van der Waals surface area contributed by atoms with Gasteiger partial charge < -0.3 is 16.4 Å². The average Bonchev–Trinajstić information content (AvgIpc) is 2.24. The SMILES string of the molecule is CCNc1nc(NC(C)(C)CC(N)=O)cc(C(F)(F)F)n1. The molecule has 1 heterocycles. The van der Waals surface area contributed by atoms with Crippen molar-refractivity contribution in [2.24, 2.45) is 5.73 Å². The molecule has 0 fully saturated rings. The number of primary amides is 1. The lowest BCUT2D eigenvalue weighted by Crippen LogP contribution is -2.36. The predicted octanol–water partition coefficient (Wildman–Crippen LogP) is 1.99. The van der Waals surface area contributed by atoms with Crippen LogP contribution in [0.4, 0.5) is 24.9 Å². The van der Waals surface area contributed by atoms with Gasteiger partial charge in [-0.1, -0.05) is 0 Å². The van der Waals surface area contributed by atoms with Crippen molar-refractivity contribution in [1.82, 2.24) is 9.97 Å². The van der Waals surface area contributed by atoms with Crippen molar-refractivity contribution in [3.05, 3.63) is 11.8 Å². The highest BCUT2D eigenvalue weighted by atomic mass is 19.4. The first kappa shape index (κ1) is 17.0. The number of nitrogens with one attached hydrogen (secondary N) is 2. The Morgan fingerprint density at radius 2 is 1.95 bits per heavy atom. The minimum Gasteiger partial charge on any atom is -0.370 e. The van der Waals surface area contributed by atoms with Crippen LogP contribution in [-0.2, 0) is 11.0 Å². The van der Waals surface area contributed by atoms with Crippen molar-refractivity contribution in [3.8, 4) is 0 Å². The Morgan fingerprint density at radius 1 is 1.33 bits per heavy atom. The summed E-state index contributed by atoms with van der Waals surface area (Å²) in [6.07, 6.45) is -4.63. The Morgan fingerprint density at radius 3 is 2.43 bits per heavy atom. The summed E-state index contributed by atoms with van der Waals surface area (Å²) in [7, 11) is 0. The van der Waals surface area contributed by atoms with E-state index in [1.54, 1.807) is 20.8 Å². The number of nitrogens with two attached hydrogens (primary N) is 1. The van der Waals surface area contributed by atoms with Gasteiger partial charge in [0.25, 0.3) is 0 Å². The van der Waals surface area contributed by atoms with Gasteiger partial charge in [0.2, 0.25) is 11.9 Å². The van der Waals surface area contributed by atoms with Gasteiger partial charge in [0.05, 0.1) is 0 Å². The number of hydrogen-bond acceptors (Lipinski definition) is 5. The van der Waals surface area contributed by atoms with E-state index in [1.807, 2.05) is 0 Å². The number of aromatic nitrogens is 2. The van der Waals surface area contributed by atoms with E-state index in [4.69, 9.17) is 5.73 Å². The number of carbonyl (C=O) groups excluding carboxylic acids is 1. The van der Waals surface area contributed by atoms with E-state index in [1.165, 1.54) is 0 Å². The molecule has 1 aromatic heterocycles. The zero-order chi connectivity index (χ0) is 16.3. The second-order valence-electron chi connectivity index (χ2n) is 5.14. The first-order chi connectivity index (χ1) is 9.53. The molecule has 6 nitrogen and oxygen atoms in total. The van der Waals surface area contributed by atoms with Crippen LogP contribution < -0.4 is 16.4 Å². The summed E-state index contributed by atoms with van der Waals surface area (Å²) in [5, 5.41) is 5.40. The number of amides is 1. The zero-order valence-electron chi connectivity index (χ0n) is 12.0. The molecule has 118 valence electrons. The van der Waals surface area contributed by atoms with Gasteiger partial charge in [-0.25, -0.2) is 4.98 Å². The Hall–Kier alpha value is -2.06. The quantitative estimate of drug-likeness (QED) is 0.747. The van der Waals surface area contributed by atoms with E-state index in [0.29, 0.717) is 6.54 Å². The van der Waals surface area contributed by atoms with Crippen LogP contribution in [0, 0.1) is 0 Å². The number of carbonyl (C=O) groups is 1. The third-order valence-corrected chi connectivity index (χ3v) is 2.43. The number of hydrogen-bond donors (Lipinski definition) is 3. The largest absolute Gasteiger partial charge is 0.433 e. The van der Waals surface area contributed by atoms with Gasteiger partial charge in [0, 0.05) is 24.6 Å². The monoisotopic (exact) mass is 305 g/mol. The molecule has 0 radical (unpaired) electrons. The predicted molar refractivity (Wildman–Crippen MR) is 72.7 cm³/mol. The minimum atomic E-state index is -4.59. The maximum atomic E-state index is 12.8. The zero-order valence-corrected chi connectivity index (χ0v) is 12.0. The lowest BCUT2D eigenvalue weighted by Gasteiger charge is -2.26. The van der Waals surface area contributed by atoms with Crippen molar-refractivity contribution in [3.63, 3.8) is 0 Å². The fraction of sp³-hybridized carbons (Fsp3) is 0.583. The third-order valence-electron chi connectivity index (χ3n) is 2.43. The maximum Gasteiger partial charge on any atom is 0.433 e. The van der Waals surface area contributed by atoms with Crippen LogP contribution in [0.2, 0.25) is 0 Å². The molecular weight excluding hydrogens is 287 g/mol. The van der Waals surface area contributed by atoms with Crippen LogP contribution in [0.1, 0.15) is 32.9 Å². The Kier molecular flexibility index (Phi) is 4.97. The lowest BCUT2D eigenvalue weighted by atomic mass is 10.0. The summed E-state index contributed by atoms with van der Waals surface area (Å²) in [6, 6.07) is 0.795. The average molecular weight is 305 g/mol. The van der Waals surface area contributed by atoms with E-state index < -0.39 is 23.3 Å². The number of rotatable bonds is 6. The van der Waals surface area contributed by atoms with E-state index >= 15 is 0 Å². The topological polar surface area (TPSA) is 92.9 Å². The number of alkyl halides is 3. The maximum absolute atomic E-state index is 12.8. The molecule has 0 bridgehead atoms. The van der Waals surface area contributed by atoms with Crippen molar-refractivity contribution in [2.75, 3.05) is 17.2 Å². The molecule has 0 atom stereocenters. The van der Waals surface area contributed by atoms with E-state index in [2.05, 4.69) is 20.6 Å². The molecule has 0 aromatic carbocycles. The van der Waals surface area contributed by atoms with Gasteiger partial charge in [-0.05, 0) is 20.8 Å². The van der Waals surface area contributed by atoms with Crippen LogP contribution in [-0.4, -0.2) is 28.0 Å². The fourth-order valence-electron chi connectivity index (χ4n) is 1.72. The molecule has 1 rings (SSSR count). The molecule has 0 aliphatic heterocycles. The van der Waals surface area contributed by atoms with E-state index in [-0.39, 0.29) is 18.2 Å². The van der Waals surface area contributed by atoms with Gasteiger partial charge in [0.1, 0.15) is 5.82 Å². The number of nitrogens with zero attached hydrogens (tertiary/aromatic N) is 2. The van der Waals surface area contributed by atoms with E-state index in [9.17, 15) is 18.0 Å². The summed E-state index contributed by atoms with van der Waals surface area (Å²) in [6.45, 7) is 5.37. The molecular formula is C12H18F3N5O. The standard InChI is InChI=1S/C12H18F3N5O/c1-4-17-10-18-7(12(13,14)15)5-9(19-10)20-11(2,3)6-8(16)21/h5H,4,6H2,1-3H3,(H2,16,21)(H2,17,18,19,20). The molecule has 0 aliphatic carbocycles. The molecule has 9 heteroatoms. The molecule has 0 saturated carbocycles. The molecule has 21 heavy (non-hydrogen) atoms. The second-order valence-corrected chi connectivity index (χ2v) is 5.14. The Labute approximate surface area is 120 Å². The highest BCUT2D eigenvalue weighted by Crippen LogP contribution is 2.30. The van der Waals surface area contributed by atoms with Crippen molar-refractivity contribution >= 4 is 17.7 Å². The van der Waals surface area contributed by atoms with Gasteiger partial charge in [-0.15, -0.1) is 0 Å². The van der Waals surface area contributed by atoms with Crippen LogP contribution in [0.25, 0.3) is 0 Å². The molecule has 0 saturated heterocycles. The Balaban J connectivity index is 3.11. The summed E-state index contributed by atoms with van der Waals surface area (Å²) in [5.74, 6) is -0.728. The van der Waals surface area contributed by atoms with Gasteiger partial charge in [0.15, 0.2) is 5.69 Å². The van der Waals surface area contributed by atoms with E-state index in [0.717, 1.165) is 6.07 Å². The molecule has 4 N–H and O–H groups in total. The van der Waals surface area contributed by atoms with Gasteiger partial charge in [-0.3, -0.25) is 4.79 Å². The van der Waals surface area contributed by atoms with Crippen LogP contribution in [0.15, 0.2) is 6.07 Å². The lowest BCUT2D eigenvalue weighted by molar-refractivity contribution is -0.141. The summed E-state index contributed by atoms with van der Waals surface area (Å²) >= 11 is 0. The van der Waals surface area contributed by atoms with Crippen molar-refractivity contribution in [1.29, 1.82) is 0 Å². The summed E-state index contributed by atoms with van der Waals surface area (Å²) in [4.78, 5) is 18.3. The van der Waals surface area contributed by atoms with Gasteiger partial charge in [-0.2, -0.15) is 18.2 Å². The molecule has 1 amide bonds. The summed E-state index contributed by atoms with van der Waals surface area (Å²) < 4.78 is 38.4. The van der Waals surface area contributed by atoms with Crippen molar-refractivity contribution < 1.29 is 18.0 Å². The van der Waals surface area contributed by atoms with Crippen LogP contribution in [0.3, 0.4) is 0 Å². The minimum absolute atomic E-state index is 0.0282. The smallest absolute Gasteiger partial charge is 0.370 e. The first-order valence-electron chi connectivity index (χ1n) is 6.30. The Bertz CT molecular complexity index is 516. The normalized spacial score (nSPS) is 12.1. The number of anilines is 2. The first-order valence-corrected chi connectivity index (χ1v) is 6.30. The molecule has 0 aliphatic rings. The third kappa shape index (κ3) is 5.44. The fourth-order valence-corrected chi connectivity index (χ4v) is 1.72.